The van der Waals surface area contributed by atoms with Crippen LogP contribution in [-0.2, 0) is 65.5 Å². The fourth-order valence-corrected chi connectivity index (χ4v) is 11.9. The number of aryl methyl sites for hydroxylation is 1. The molecule has 0 aromatic heterocycles. The number of methoxy groups -OCH3 is 2. The summed E-state index contributed by atoms with van der Waals surface area (Å²) in [5, 5.41) is 5.71. The smallest absolute Gasteiger partial charge is 0.329 e. The zero-order valence-electron chi connectivity index (χ0n) is 53.6. The fraction of sp³-hybridized carbons (Fsp3) is 0.486. The average Bonchev–Trinajstić information content (AvgIpc) is 1.52. The summed E-state index contributed by atoms with van der Waals surface area (Å²) in [5.74, 6) is -4.56. The van der Waals surface area contributed by atoms with Gasteiger partial charge in [0.1, 0.15) is 36.3 Å². The number of nitrogens with one attached hydrogen (secondary N) is 2. The van der Waals surface area contributed by atoms with Crippen LogP contribution in [0.1, 0.15) is 139 Å². The fourth-order valence-electron chi connectivity index (χ4n) is 11.9. The van der Waals surface area contributed by atoms with Crippen molar-refractivity contribution in [1.29, 1.82) is 0 Å². The number of anilines is 1. The highest BCUT2D eigenvalue weighted by Gasteiger charge is 2.45. The third-order valence-electron chi connectivity index (χ3n) is 17.3. The third kappa shape index (κ3) is 18.0. The van der Waals surface area contributed by atoms with Crippen molar-refractivity contribution < 1.29 is 62.2 Å². The summed E-state index contributed by atoms with van der Waals surface area (Å²) in [4.78, 5) is 151. The second-order valence-corrected chi connectivity index (χ2v) is 24.8. The Morgan fingerprint density at radius 3 is 1.98 bits per heavy atom. The topological polar surface area (TPSA) is 239 Å². The Bertz CT molecular complexity index is 3240. The number of piperidine rings is 1. The number of hydrogen-bond acceptors (Lipinski definition) is 13. The zero-order chi connectivity index (χ0) is 65.2. The number of rotatable bonds is 10. The van der Waals surface area contributed by atoms with Gasteiger partial charge in [-0.3, -0.25) is 43.2 Å². The summed E-state index contributed by atoms with van der Waals surface area (Å²) in [5.41, 5.74) is 1.58. The lowest BCUT2D eigenvalue weighted by Crippen LogP contribution is -2.58. The first kappa shape index (κ1) is 68.8. The van der Waals surface area contributed by atoms with Crippen LogP contribution in [-0.4, -0.2) is 163 Å². The molecular weight excluding hydrogens is 1150 g/mol. The van der Waals surface area contributed by atoms with E-state index in [1.807, 2.05) is 56.3 Å². The number of hydrogen-bond donors (Lipinski definition) is 2. The number of ether oxygens (including phenoxy) is 3. The van der Waals surface area contributed by atoms with Crippen LogP contribution >= 0.6 is 0 Å². The zero-order valence-corrected chi connectivity index (χ0v) is 53.6. The van der Waals surface area contributed by atoms with Gasteiger partial charge in [-0.2, -0.15) is 0 Å². The van der Waals surface area contributed by atoms with E-state index < -0.39 is 88.9 Å². The second-order valence-electron chi connectivity index (χ2n) is 24.8. The maximum absolute atomic E-state index is 15.2. The molecule has 20 heteroatoms. The number of fused-ring (bicyclic) bond motifs is 4. The first-order chi connectivity index (χ1) is 43.0. The molecule has 6 atom stereocenters. The molecule has 0 radical (unpaired) electrons. The van der Waals surface area contributed by atoms with E-state index in [9.17, 15) is 38.4 Å². The standard InChI is InChI=1S/C70H89N7O13/c1-46(2)42-55-64(82)73(5)39-18-16-28-52(78)37-38-70(3,4)63(81)68(86)77-40-19-17-29-54(77)69(87)90-57(33-31-48-32-34-58(88-8)59(44-48)89-9)50-26-20-27-51(45-50)71-60(79)35-36-61(80)72-62(49-24-14-11-15-25-49)67(85)75(7)56(43-47-22-12-10-13-23-47)66(84)76-41-21-30-53(76)65(83)74(55)6/h10-16,20,22-28,32,34,44-46,53-57,62H,17-19,21,29-31,33,35-43H2,1-9H3,(H,71,79)(H,72,80)/t53-,54+,55+,56+,57-,62?/m1/s1. The molecule has 2 saturated heterocycles. The number of cyclic esters (lactones) is 1. The predicted octanol–water partition coefficient (Wildman–Crippen LogP) is 8.17. The van der Waals surface area contributed by atoms with Gasteiger partial charge in [-0.25, -0.2) is 4.79 Å². The minimum atomic E-state index is -1.30. The number of amides is 7. The maximum Gasteiger partial charge on any atom is 0.329 e. The largest absolute Gasteiger partial charge is 0.493 e. The van der Waals surface area contributed by atoms with Crippen molar-refractivity contribution in [2.24, 2.45) is 11.3 Å². The molecule has 1 unspecified atom stereocenters. The number of Topliss-reactive ketones (excluding diaryl/α,β-unsaturated/α-hetero) is 1. The Morgan fingerprint density at radius 1 is 0.622 bits per heavy atom. The highest BCUT2D eigenvalue weighted by Crippen LogP contribution is 2.34. The Kier molecular flexibility index (Phi) is 24.6. The summed E-state index contributed by atoms with van der Waals surface area (Å²) in [6, 6.07) is 24.6. The molecule has 7 rings (SSSR count). The molecule has 4 aromatic carbocycles. The van der Waals surface area contributed by atoms with E-state index >= 15 is 9.59 Å². The van der Waals surface area contributed by atoms with Crippen LogP contribution in [0.15, 0.2) is 115 Å². The van der Waals surface area contributed by atoms with Gasteiger partial charge in [0.25, 0.3) is 5.91 Å². The Labute approximate surface area is 529 Å². The number of esters is 1. The SMILES string of the molecule is COc1ccc(CC[C@H]2OC(=O)[C@@H]3CCCCN3C(=O)C(=O)C(C)(C)CCC(=O)C=CCCN(C)C(=O)[C@H](CC(C)C)N(C)C(=O)[C@H]3CCCN3C(=O)[C@H](Cc3ccccc3)N(C)C(=O)C(c3ccccc3)NC(=O)CCC(=O)Nc3cccc2c3)cc1OC. The van der Waals surface area contributed by atoms with Gasteiger partial charge >= 0.3 is 5.97 Å². The number of likely N-dealkylation sites (N-methyl/N-ethyl adjacent to an activating group) is 3. The van der Waals surface area contributed by atoms with Gasteiger partial charge in [0.15, 0.2) is 17.3 Å². The molecule has 0 aliphatic carbocycles. The van der Waals surface area contributed by atoms with Crippen LogP contribution in [0.4, 0.5) is 5.69 Å². The van der Waals surface area contributed by atoms with Crippen molar-refractivity contribution in [2.45, 2.75) is 154 Å². The van der Waals surface area contributed by atoms with Crippen molar-refractivity contribution in [3.63, 3.8) is 0 Å². The van der Waals surface area contributed by atoms with Gasteiger partial charge in [0.05, 0.1) is 14.2 Å². The van der Waals surface area contributed by atoms with Crippen molar-refractivity contribution in [1.82, 2.24) is 29.8 Å². The summed E-state index contributed by atoms with van der Waals surface area (Å²) < 4.78 is 17.4. The highest BCUT2D eigenvalue weighted by atomic mass is 16.5. The third-order valence-corrected chi connectivity index (χ3v) is 17.3. The summed E-state index contributed by atoms with van der Waals surface area (Å²) in [6.45, 7) is 7.67. The Balaban J connectivity index is 1.20. The van der Waals surface area contributed by atoms with E-state index in [0.29, 0.717) is 73.3 Å². The first-order valence-corrected chi connectivity index (χ1v) is 31.3. The van der Waals surface area contributed by atoms with Crippen LogP contribution in [0.3, 0.4) is 0 Å². The van der Waals surface area contributed by atoms with Crippen molar-refractivity contribution >= 4 is 64.6 Å². The molecule has 0 spiro atoms. The van der Waals surface area contributed by atoms with E-state index in [1.165, 1.54) is 51.8 Å². The van der Waals surface area contributed by atoms with Crippen molar-refractivity contribution in [3.8, 4) is 11.5 Å². The summed E-state index contributed by atoms with van der Waals surface area (Å²) >= 11 is 0. The number of benzene rings is 4. The van der Waals surface area contributed by atoms with Gasteiger partial charge in [0.2, 0.25) is 41.2 Å². The number of carbonyl (C=O) groups excluding carboxylic acids is 10. The molecule has 0 saturated carbocycles. The molecule has 3 aliphatic rings. The first-order valence-electron chi connectivity index (χ1n) is 31.3. The molecule has 4 aromatic rings. The number of allylic oxidation sites excluding steroid dienone is 1. The van der Waals surface area contributed by atoms with E-state index in [-0.39, 0.29) is 82.2 Å². The average molecular weight is 1240 g/mol. The van der Waals surface area contributed by atoms with E-state index in [4.69, 9.17) is 14.2 Å². The molecule has 90 heavy (non-hydrogen) atoms. The lowest BCUT2D eigenvalue weighted by molar-refractivity contribution is -0.164. The monoisotopic (exact) mass is 1240 g/mol. The van der Waals surface area contributed by atoms with Crippen LogP contribution in [0.5, 0.6) is 11.5 Å². The quantitative estimate of drug-likeness (QED) is 0.113. The van der Waals surface area contributed by atoms with Crippen LogP contribution in [0, 0.1) is 11.3 Å². The molecule has 3 aliphatic heterocycles. The summed E-state index contributed by atoms with van der Waals surface area (Å²) in [7, 11) is 7.77. The van der Waals surface area contributed by atoms with Crippen molar-refractivity contribution in [2.75, 3.05) is 60.3 Å². The van der Waals surface area contributed by atoms with Gasteiger partial charge in [-0.05, 0) is 123 Å². The molecular formula is C70H89N7O13. The normalized spacial score (nSPS) is 23.1. The van der Waals surface area contributed by atoms with E-state index in [0.717, 1.165) is 11.1 Å². The van der Waals surface area contributed by atoms with Crippen molar-refractivity contribution in [3.05, 3.63) is 138 Å². The second kappa shape index (κ2) is 32.2. The Morgan fingerprint density at radius 2 is 1.28 bits per heavy atom. The number of carbonyl (C=O) groups is 10. The molecule has 482 valence electrons. The number of nitrogens with zero attached hydrogens (tertiary/aromatic N) is 5. The Hall–Kier alpha value is -8.68. The molecule has 20 nitrogen and oxygen atoms in total. The highest BCUT2D eigenvalue weighted by molar-refractivity contribution is 6.38. The molecule has 2 bridgehead atoms. The van der Waals surface area contributed by atoms with E-state index in [2.05, 4.69) is 10.6 Å². The predicted molar refractivity (Wildman–Crippen MR) is 340 cm³/mol. The minimum absolute atomic E-state index is 0.00999. The molecule has 3 heterocycles. The summed E-state index contributed by atoms with van der Waals surface area (Å²) in [6.07, 6.45) is 4.98. The van der Waals surface area contributed by atoms with Crippen LogP contribution in [0.2, 0.25) is 0 Å². The minimum Gasteiger partial charge on any atom is -0.493 e. The van der Waals surface area contributed by atoms with Gasteiger partial charge < -0.3 is 49.3 Å². The van der Waals surface area contributed by atoms with Crippen LogP contribution in [0.25, 0.3) is 0 Å². The lowest BCUT2D eigenvalue weighted by atomic mass is 9.81. The van der Waals surface area contributed by atoms with Gasteiger partial charge in [-0.1, -0.05) is 113 Å². The van der Waals surface area contributed by atoms with Gasteiger partial charge in [-0.15, -0.1) is 0 Å². The maximum atomic E-state index is 15.2. The molecule has 7 amide bonds. The lowest BCUT2D eigenvalue weighted by Gasteiger charge is -2.37. The molecule has 2 fully saturated rings. The van der Waals surface area contributed by atoms with E-state index in [1.54, 1.807) is 94.7 Å². The molecule has 2 N–H and O–H groups in total. The van der Waals surface area contributed by atoms with Gasteiger partial charge in [0, 0.05) is 77.6 Å². The number of ketones is 2. The van der Waals surface area contributed by atoms with Crippen LogP contribution < -0.4 is 20.1 Å².